The van der Waals surface area contributed by atoms with Crippen molar-refractivity contribution in [3.63, 3.8) is 0 Å². The molecule has 0 amide bonds. The van der Waals surface area contributed by atoms with E-state index in [0.29, 0.717) is 5.92 Å². The number of rotatable bonds is 1. The van der Waals surface area contributed by atoms with Crippen molar-refractivity contribution in [1.82, 2.24) is 0 Å². The maximum atomic E-state index is 10.5. The first kappa shape index (κ1) is 7.52. The molecule has 1 heteroatoms. The van der Waals surface area contributed by atoms with Crippen LogP contribution in [0.1, 0.15) is 26.7 Å². The van der Waals surface area contributed by atoms with Crippen LogP contribution >= 0.6 is 0 Å². The molecule has 0 spiro atoms. The number of hydrogen-bond donors (Lipinski definition) is 0. The Hall–Kier alpha value is -0.590. The van der Waals surface area contributed by atoms with Crippen LogP contribution in [0.15, 0.2) is 11.6 Å². The van der Waals surface area contributed by atoms with Gasteiger partial charge in [-0.05, 0) is 25.7 Å². The van der Waals surface area contributed by atoms with Crippen molar-refractivity contribution in [2.45, 2.75) is 26.7 Å². The summed E-state index contributed by atoms with van der Waals surface area (Å²) in [6, 6.07) is 0. The van der Waals surface area contributed by atoms with Crippen LogP contribution in [0.3, 0.4) is 0 Å². The monoisotopic (exact) mass is 138 g/mol. The highest BCUT2D eigenvalue weighted by Gasteiger charge is 2.19. The average molecular weight is 138 g/mol. The predicted molar refractivity (Wildman–Crippen MR) is 41.7 cm³/mol. The van der Waals surface area contributed by atoms with Crippen LogP contribution in [0.4, 0.5) is 0 Å². The van der Waals surface area contributed by atoms with E-state index in [1.807, 2.05) is 0 Å². The molecule has 0 bridgehead atoms. The van der Waals surface area contributed by atoms with Gasteiger partial charge in [-0.15, -0.1) is 0 Å². The van der Waals surface area contributed by atoms with Crippen LogP contribution in [0.2, 0.25) is 0 Å². The molecule has 1 aliphatic carbocycles. The third kappa shape index (κ3) is 1.47. The molecule has 0 radical (unpaired) electrons. The van der Waals surface area contributed by atoms with Crippen molar-refractivity contribution in [2.75, 3.05) is 0 Å². The van der Waals surface area contributed by atoms with E-state index in [-0.39, 0.29) is 5.92 Å². The summed E-state index contributed by atoms with van der Waals surface area (Å²) in [6.07, 6.45) is 5.39. The smallest absolute Gasteiger partial charge is 0.123 e. The SMILES string of the molecule is CC1=CCC(C)C(C=O)C1. The largest absolute Gasteiger partial charge is 0.303 e. The number of hydrogen-bond acceptors (Lipinski definition) is 1. The highest BCUT2D eigenvalue weighted by atomic mass is 16.1. The summed E-state index contributed by atoms with van der Waals surface area (Å²) in [4.78, 5) is 10.5. The molecule has 2 atom stereocenters. The second kappa shape index (κ2) is 3.00. The molecule has 0 aromatic carbocycles. The van der Waals surface area contributed by atoms with Gasteiger partial charge in [0.1, 0.15) is 6.29 Å². The fourth-order valence-corrected chi connectivity index (χ4v) is 1.40. The van der Waals surface area contributed by atoms with Gasteiger partial charge in [-0.1, -0.05) is 18.6 Å². The van der Waals surface area contributed by atoms with E-state index in [4.69, 9.17) is 0 Å². The molecule has 0 aliphatic heterocycles. The molecule has 0 aromatic heterocycles. The van der Waals surface area contributed by atoms with E-state index in [2.05, 4.69) is 19.9 Å². The Morgan fingerprint density at radius 2 is 2.40 bits per heavy atom. The van der Waals surface area contributed by atoms with Crippen LogP contribution in [0.5, 0.6) is 0 Å². The summed E-state index contributed by atoms with van der Waals surface area (Å²) in [5, 5.41) is 0. The number of aldehydes is 1. The quantitative estimate of drug-likeness (QED) is 0.401. The predicted octanol–water partition coefficient (Wildman–Crippen LogP) is 2.18. The molecule has 0 saturated heterocycles. The molecule has 0 fully saturated rings. The van der Waals surface area contributed by atoms with Crippen LogP contribution < -0.4 is 0 Å². The Labute approximate surface area is 62.1 Å². The second-order valence-electron chi connectivity index (χ2n) is 3.27. The van der Waals surface area contributed by atoms with Crippen LogP contribution in [0.25, 0.3) is 0 Å². The maximum Gasteiger partial charge on any atom is 0.123 e. The zero-order chi connectivity index (χ0) is 7.56. The molecule has 2 unspecified atom stereocenters. The zero-order valence-electron chi connectivity index (χ0n) is 6.63. The number of carbonyl (C=O) groups excluding carboxylic acids is 1. The lowest BCUT2D eigenvalue weighted by molar-refractivity contribution is -0.112. The fraction of sp³-hybridized carbons (Fsp3) is 0.667. The Balaban J connectivity index is 2.61. The second-order valence-corrected chi connectivity index (χ2v) is 3.27. The Bertz CT molecular complexity index is 158. The lowest BCUT2D eigenvalue weighted by atomic mass is 9.82. The summed E-state index contributed by atoms with van der Waals surface area (Å²) in [5.74, 6) is 0.839. The molecule has 10 heavy (non-hydrogen) atoms. The normalized spacial score (nSPS) is 33.2. The van der Waals surface area contributed by atoms with E-state index < -0.39 is 0 Å². The first-order chi connectivity index (χ1) is 4.74. The number of allylic oxidation sites excluding steroid dienone is 2. The van der Waals surface area contributed by atoms with E-state index in [1.54, 1.807) is 0 Å². The van der Waals surface area contributed by atoms with Crippen molar-refractivity contribution in [3.05, 3.63) is 11.6 Å². The molecule has 56 valence electrons. The Morgan fingerprint density at radius 1 is 1.70 bits per heavy atom. The lowest BCUT2D eigenvalue weighted by Gasteiger charge is -2.22. The maximum absolute atomic E-state index is 10.5. The van der Waals surface area contributed by atoms with Gasteiger partial charge < -0.3 is 4.79 Å². The minimum absolute atomic E-state index is 0.282. The first-order valence-electron chi connectivity index (χ1n) is 3.85. The molecule has 0 saturated carbocycles. The summed E-state index contributed by atoms with van der Waals surface area (Å²) >= 11 is 0. The molecule has 1 rings (SSSR count). The Morgan fingerprint density at radius 3 is 2.90 bits per heavy atom. The zero-order valence-corrected chi connectivity index (χ0v) is 6.63. The van der Waals surface area contributed by atoms with Crippen molar-refractivity contribution >= 4 is 6.29 Å². The minimum Gasteiger partial charge on any atom is -0.303 e. The number of carbonyl (C=O) groups is 1. The molecule has 0 aromatic rings. The van der Waals surface area contributed by atoms with Gasteiger partial charge >= 0.3 is 0 Å². The summed E-state index contributed by atoms with van der Waals surface area (Å²) in [7, 11) is 0. The molecule has 1 nitrogen and oxygen atoms in total. The summed E-state index contributed by atoms with van der Waals surface area (Å²) < 4.78 is 0. The van der Waals surface area contributed by atoms with Crippen LogP contribution in [-0.4, -0.2) is 6.29 Å². The minimum atomic E-state index is 0.282. The van der Waals surface area contributed by atoms with Gasteiger partial charge in [-0.2, -0.15) is 0 Å². The third-order valence-corrected chi connectivity index (χ3v) is 2.30. The van der Waals surface area contributed by atoms with E-state index in [0.717, 1.165) is 19.1 Å². The average Bonchev–Trinajstić information content (AvgIpc) is 1.94. The Kier molecular flexibility index (Phi) is 2.25. The topological polar surface area (TPSA) is 17.1 Å². The van der Waals surface area contributed by atoms with Crippen molar-refractivity contribution in [1.29, 1.82) is 0 Å². The molecule has 0 N–H and O–H groups in total. The van der Waals surface area contributed by atoms with Gasteiger partial charge in [-0.25, -0.2) is 0 Å². The third-order valence-electron chi connectivity index (χ3n) is 2.30. The van der Waals surface area contributed by atoms with Gasteiger partial charge in [0.15, 0.2) is 0 Å². The van der Waals surface area contributed by atoms with Crippen molar-refractivity contribution in [3.8, 4) is 0 Å². The molecular formula is C9H14O. The fourth-order valence-electron chi connectivity index (χ4n) is 1.40. The molecular weight excluding hydrogens is 124 g/mol. The first-order valence-corrected chi connectivity index (χ1v) is 3.85. The van der Waals surface area contributed by atoms with Crippen LogP contribution in [0, 0.1) is 11.8 Å². The highest BCUT2D eigenvalue weighted by Crippen LogP contribution is 2.27. The van der Waals surface area contributed by atoms with Crippen molar-refractivity contribution < 1.29 is 4.79 Å². The van der Waals surface area contributed by atoms with E-state index in [1.165, 1.54) is 5.57 Å². The standard InChI is InChI=1S/C9H14O/c1-7-3-4-8(2)9(5-7)6-10/h3,6,8-9H,4-5H2,1-2H3. The summed E-state index contributed by atoms with van der Waals surface area (Å²) in [6.45, 7) is 4.24. The molecule has 0 heterocycles. The van der Waals surface area contributed by atoms with Gasteiger partial charge in [0.2, 0.25) is 0 Å². The summed E-state index contributed by atoms with van der Waals surface area (Å²) in [5.41, 5.74) is 1.37. The van der Waals surface area contributed by atoms with E-state index in [9.17, 15) is 4.79 Å². The van der Waals surface area contributed by atoms with Crippen LogP contribution in [-0.2, 0) is 4.79 Å². The lowest BCUT2D eigenvalue weighted by Crippen LogP contribution is -2.16. The van der Waals surface area contributed by atoms with Gasteiger partial charge in [0.05, 0.1) is 0 Å². The van der Waals surface area contributed by atoms with E-state index >= 15 is 0 Å². The van der Waals surface area contributed by atoms with Gasteiger partial charge in [-0.3, -0.25) is 0 Å². The molecule has 1 aliphatic rings. The van der Waals surface area contributed by atoms with Gasteiger partial charge in [0, 0.05) is 5.92 Å². The van der Waals surface area contributed by atoms with Gasteiger partial charge in [0.25, 0.3) is 0 Å². The van der Waals surface area contributed by atoms with Crippen molar-refractivity contribution in [2.24, 2.45) is 11.8 Å². The highest BCUT2D eigenvalue weighted by molar-refractivity contribution is 5.55.